The van der Waals surface area contributed by atoms with Crippen LogP contribution in [0, 0.1) is 19.8 Å². The fraction of sp³-hybridized carbons (Fsp3) is 0.381. The van der Waals surface area contributed by atoms with Gasteiger partial charge in [-0.3, -0.25) is 4.72 Å². The minimum Gasteiger partial charge on any atom is -0.478 e. The average molecular weight is 403 g/mol. The van der Waals surface area contributed by atoms with Gasteiger partial charge in [0.25, 0.3) is 10.0 Å². The molecule has 0 bridgehead atoms. The first-order valence-corrected chi connectivity index (χ1v) is 10.9. The smallest absolute Gasteiger partial charge is 0.337 e. The highest BCUT2D eigenvalue weighted by atomic mass is 32.2. The van der Waals surface area contributed by atoms with Crippen LogP contribution in [0.2, 0.25) is 0 Å². The zero-order chi connectivity index (χ0) is 20.5. The van der Waals surface area contributed by atoms with E-state index in [0.29, 0.717) is 11.5 Å². The van der Waals surface area contributed by atoms with Crippen LogP contribution < -0.4 is 9.62 Å². The van der Waals surface area contributed by atoms with Gasteiger partial charge in [0.1, 0.15) is 0 Å². The van der Waals surface area contributed by atoms with Crippen LogP contribution in [0.3, 0.4) is 0 Å². The average Bonchev–Trinajstić information content (AvgIpc) is 2.61. The van der Waals surface area contributed by atoms with Gasteiger partial charge in [-0.05, 0) is 62.4 Å². The van der Waals surface area contributed by atoms with Crippen LogP contribution in [-0.4, -0.2) is 32.6 Å². The number of aryl methyl sites for hydroxylation is 2. The molecule has 0 saturated carbocycles. The number of carboxylic acids is 1. The van der Waals surface area contributed by atoms with E-state index in [1.165, 1.54) is 6.07 Å². The normalized spacial score (nSPS) is 17.4. The Balaban J connectivity index is 1.94. The van der Waals surface area contributed by atoms with Crippen molar-refractivity contribution in [3.8, 4) is 0 Å². The maximum atomic E-state index is 12.8. The molecule has 1 heterocycles. The number of carboxylic acid groups (broad SMARTS) is 1. The summed E-state index contributed by atoms with van der Waals surface area (Å²) in [6.07, 6.45) is 2.22. The molecule has 1 fully saturated rings. The molecule has 0 unspecified atom stereocenters. The second-order valence-electron chi connectivity index (χ2n) is 7.60. The number of rotatable bonds is 5. The lowest BCUT2D eigenvalue weighted by Crippen LogP contribution is -2.34. The highest BCUT2D eigenvalue weighted by molar-refractivity contribution is 7.92. The molecule has 0 radical (unpaired) electrons. The Morgan fingerprint density at radius 1 is 1.18 bits per heavy atom. The van der Waals surface area contributed by atoms with Crippen molar-refractivity contribution in [2.45, 2.75) is 38.5 Å². The number of hydrogen-bond donors (Lipinski definition) is 2. The number of sulfonamides is 1. The number of nitrogens with one attached hydrogen (secondary N) is 1. The van der Waals surface area contributed by atoms with Gasteiger partial charge in [-0.15, -0.1) is 0 Å². The van der Waals surface area contributed by atoms with E-state index in [1.54, 1.807) is 37.3 Å². The first kappa shape index (κ1) is 20.2. The lowest BCUT2D eigenvalue weighted by Gasteiger charge is -2.33. The van der Waals surface area contributed by atoms with Crippen LogP contribution in [-0.2, 0) is 10.0 Å². The van der Waals surface area contributed by atoms with Gasteiger partial charge in [0, 0.05) is 18.8 Å². The van der Waals surface area contributed by atoms with Crippen molar-refractivity contribution in [2.24, 2.45) is 5.92 Å². The third-order valence-electron chi connectivity index (χ3n) is 5.12. The SMILES string of the molecule is Cc1ccc(S(=O)(=O)Nc2ccc(N3CCC[C@H](C)C3)cc2C(=O)O)c(C)c1. The molecule has 1 saturated heterocycles. The van der Waals surface area contributed by atoms with Crippen molar-refractivity contribution in [3.05, 3.63) is 53.1 Å². The Kier molecular flexibility index (Phi) is 5.65. The minimum atomic E-state index is -3.89. The number of aromatic carboxylic acids is 1. The first-order chi connectivity index (χ1) is 13.2. The minimum absolute atomic E-state index is 0.0518. The molecular formula is C21H26N2O4S. The fourth-order valence-corrected chi connectivity index (χ4v) is 5.03. The van der Waals surface area contributed by atoms with E-state index in [9.17, 15) is 18.3 Å². The monoisotopic (exact) mass is 402 g/mol. The van der Waals surface area contributed by atoms with E-state index in [4.69, 9.17) is 0 Å². The summed E-state index contributed by atoms with van der Waals surface area (Å²) in [6, 6.07) is 9.92. The molecule has 0 aliphatic carbocycles. The Bertz CT molecular complexity index is 1000. The summed E-state index contributed by atoms with van der Waals surface area (Å²) >= 11 is 0. The first-order valence-electron chi connectivity index (χ1n) is 9.40. The quantitative estimate of drug-likeness (QED) is 0.788. The lowest BCUT2D eigenvalue weighted by atomic mass is 9.99. The zero-order valence-electron chi connectivity index (χ0n) is 16.4. The Labute approximate surface area is 166 Å². The van der Waals surface area contributed by atoms with Crippen LogP contribution >= 0.6 is 0 Å². The van der Waals surface area contributed by atoms with E-state index in [-0.39, 0.29) is 16.1 Å². The van der Waals surface area contributed by atoms with Gasteiger partial charge in [-0.1, -0.05) is 24.6 Å². The number of benzene rings is 2. The van der Waals surface area contributed by atoms with E-state index < -0.39 is 16.0 Å². The van der Waals surface area contributed by atoms with Crippen molar-refractivity contribution in [2.75, 3.05) is 22.7 Å². The number of carbonyl (C=O) groups is 1. The van der Waals surface area contributed by atoms with Crippen molar-refractivity contribution in [1.29, 1.82) is 0 Å². The third kappa shape index (κ3) is 4.30. The number of anilines is 2. The lowest BCUT2D eigenvalue weighted by molar-refractivity contribution is 0.0698. The molecule has 0 aromatic heterocycles. The summed E-state index contributed by atoms with van der Waals surface area (Å²) in [4.78, 5) is 14.1. The molecule has 1 aliphatic heterocycles. The van der Waals surface area contributed by atoms with E-state index in [1.807, 2.05) is 6.92 Å². The molecule has 2 N–H and O–H groups in total. The third-order valence-corrected chi connectivity index (χ3v) is 6.65. The second-order valence-corrected chi connectivity index (χ2v) is 9.25. The van der Waals surface area contributed by atoms with Crippen LogP contribution in [0.5, 0.6) is 0 Å². The number of hydrogen-bond acceptors (Lipinski definition) is 4. The summed E-state index contributed by atoms with van der Waals surface area (Å²) in [6.45, 7) is 7.53. The molecule has 0 spiro atoms. The maximum absolute atomic E-state index is 12.8. The maximum Gasteiger partial charge on any atom is 0.337 e. The fourth-order valence-electron chi connectivity index (χ4n) is 3.72. The Morgan fingerprint density at radius 2 is 1.93 bits per heavy atom. The van der Waals surface area contributed by atoms with Gasteiger partial charge in [0.05, 0.1) is 16.1 Å². The summed E-state index contributed by atoms with van der Waals surface area (Å²) in [5.74, 6) is -0.616. The van der Waals surface area contributed by atoms with Gasteiger partial charge >= 0.3 is 5.97 Å². The van der Waals surface area contributed by atoms with Crippen LogP contribution in [0.1, 0.15) is 41.3 Å². The largest absolute Gasteiger partial charge is 0.478 e. The van der Waals surface area contributed by atoms with Gasteiger partial charge < -0.3 is 10.0 Å². The summed E-state index contributed by atoms with van der Waals surface area (Å²) < 4.78 is 28.1. The summed E-state index contributed by atoms with van der Waals surface area (Å²) in [5.41, 5.74) is 2.40. The van der Waals surface area contributed by atoms with Gasteiger partial charge in [0.2, 0.25) is 0 Å². The standard InChI is InChI=1S/C21H26N2O4S/c1-14-6-9-20(16(3)11-14)28(26,27)22-19-8-7-17(12-18(19)21(24)25)23-10-4-5-15(2)13-23/h6-9,11-12,15,22H,4-5,10,13H2,1-3H3,(H,24,25)/t15-/m0/s1. The number of nitrogens with zero attached hydrogens (tertiary/aromatic N) is 1. The Hall–Kier alpha value is -2.54. The second kappa shape index (κ2) is 7.83. The van der Waals surface area contributed by atoms with Gasteiger partial charge in [-0.25, -0.2) is 13.2 Å². The summed E-state index contributed by atoms with van der Waals surface area (Å²) in [7, 11) is -3.89. The van der Waals surface area contributed by atoms with Crippen molar-refractivity contribution < 1.29 is 18.3 Å². The predicted octanol–water partition coefficient (Wildman–Crippen LogP) is 4.04. The molecule has 1 aliphatic rings. The van der Waals surface area contributed by atoms with E-state index >= 15 is 0 Å². The predicted molar refractivity (Wildman–Crippen MR) is 111 cm³/mol. The molecule has 28 heavy (non-hydrogen) atoms. The molecule has 3 rings (SSSR count). The highest BCUT2D eigenvalue weighted by Gasteiger charge is 2.23. The van der Waals surface area contributed by atoms with Crippen LogP contribution in [0.4, 0.5) is 11.4 Å². The molecule has 2 aromatic rings. The highest BCUT2D eigenvalue weighted by Crippen LogP contribution is 2.29. The molecule has 1 atom stereocenters. The van der Waals surface area contributed by atoms with Crippen molar-refractivity contribution in [3.63, 3.8) is 0 Å². The molecular weight excluding hydrogens is 376 g/mol. The topological polar surface area (TPSA) is 86.7 Å². The Morgan fingerprint density at radius 3 is 2.57 bits per heavy atom. The van der Waals surface area contributed by atoms with Crippen LogP contribution in [0.15, 0.2) is 41.3 Å². The molecule has 2 aromatic carbocycles. The summed E-state index contributed by atoms with van der Waals surface area (Å²) in [5, 5.41) is 9.65. The molecule has 0 amide bonds. The molecule has 7 heteroatoms. The van der Waals surface area contributed by atoms with Crippen molar-refractivity contribution in [1.82, 2.24) is 0 Å². The van der Waals surface area contributed by atoms with Crippen LogP contribution in [0.25, 0.3) is 0 Å². The molecule has 150 valence electrons. The van der Waals surface area contributed by atoms with E-state index in [0.717, 1.165) is 37.2 Å². The van der Waals surface area contributed by atoms with Gasteiger partial charge in [0.15, 0.2) is 0 Å². The number of piperidine rings is 1. The molecule has 6 nitrogen and oxygen atoms in total. The van der Waals surface area contributed by atoms with E-state index in [2.05, 4.69) is 16.5 Å². The zero-order valence-corrected chi connectivity index (χ0v) is 17.2. The van der Waals surface area contributed by atoms with Gasteiger partial charge in [-0.2, -0.15) is 0 Å². The van der Waals surface area contributed by atoms with Crippen molar-refractivity contribution >= 4 is 27.4 Å².